The number of nitrogens with zero attached hydrogens (tertiary/aromatic N) is 4. The zero-order valence-corrected chi connectivity index (χ0v) is 20.3. The number of anilines is 3. The van der Waals surface area contributed by atoms with E-state index in [0.29, 0.717) is 53.2 Å². The second-order valence-corrected chi connectivity index (χ2v) is 9.62. The number of rotatable bonds is 9. The Morgan fingerprint density at radius 2 is 1.91 bits per heavy atom. The van der Waals surface area contributed by atoms with Gasteiger partial charge in [-0.3, -0.25) is 0 Å². The van der Waals surface area contributed by atoms with Crippen molar-refractivity contribution in [1.82, 2.24) is 19.5 Å². The van der Waals surface area contributed by atoms with Gasteiger partial charge in [-0.25, -0.2) is 4.98 Å². The first-order valence-corrected chi connectivity index (χ1v) is 11.6. The highest BCUT2D eigenvalue weighted by Crippen LogP contribution is 2.25. The van der Waals surface area contributed by atoms with Crippen molar-refractivity contribution >= 4 is 40.2 Å². The summed E-state index contributed by atoms with van der Waals surface area (Å²) in [5.41, 5.74) is 9.35. The minimum absolute atomic E-state index is 0.0423. The highest BCUT2D eigenvalue weighted by atomic mass is 35.5. The van der Waals surface area contributed by atoms with Gasteiger partial charge in [-0.1, -0.05) is 41.9 Å². The molecule has 0 aliphatic rings. The molecule has 4 aromatic rings. The second-order valence-electron chi connectivity index (χ2n) is 9.18. The molecule has 2 aromatic heterocycles. The van der Waals surface area contributed by atoms with Crippen LogP contribution in [0.3, 0.4) is 0 Å². The van der Waals surface area contributed by atoms with Gasteiger partial charge in [-0.05, 0) is 56.5 Å². The lowest BCUT2D eigenvalue weighted by molar-refractivity contribution is 0.0672. The molecule has 0 aliphatic carbocycles. The van der Waals surface area contributed by atoms with Crippen molar-refractivity contribution in [3.63, 3.8) is 0 Å². The molecule has 0 amide bonds. The second kappa shape index (κ2) is 9.87. The molecule has 0 radical (unpaired) electrons. The van der Waals surface area contributed by atoms with Crippen LogP contribution in [-0.2, 0) is 13.1 Å². The van der Waals surface area contributed by atoms with E-state index in [9.17, 15) is 5.11 Å². The molecule has 1 unspecified atom stereocenters. The molecule has 34 heavy (non-hydrogen) atoms. The fraction of sp³-hybridized carbons (Fsp3) is 0.320. The van der Waals surface area contributed by atoms with Crippen LogP contribution < -0.4 is 16.4 Å². The molecule has 0 spiro atoms. The van der Waals surface area contributed by atoms with Crippen LogP contribution in [0.2, 0.25) is 5.02 Å². The average Bonchev–Trinajstić information content (AvgIpc) is 3.16. The number of hydrogen-bond donors (Lipinski definition) is 4. The quantitative estimate of drug-likeness (QED) is 0.257. The predicted octanol–water partition coefficient (Wildman–Crippen LogP) is 4.68. The van der Waals surface area contributed by atoms with Gasteiger partial charge < -0.3 is 26.0 Å². The number of benzene rings is 2. The summed E-state index contributed by atoms with van der Waals surface area (Å²) in [4.78, 5) is 14.1. The molecule has 2 heterocycles. The predicted molar refractivity (Wildman–Crippen MR) is 138 cm³/mol. The first-order valence-electron chi connectivity index (χ1n) is 11.2. The van der Waals surface area contributed by atoms with Crippen LogP contribution in [0.1, 0.15) is 38.3 Å². The molecule has 0 saturated heterocycles. The smallest absolute Gasteiger partial charge is 0.226 e. The number of aromatic nitrogens is 4. The zero-order valence-electron chi connectivity index (χ0n) is 19.6. The van der Waals surface area contributed by atoms with Crippen LogP contribution in [0.5, 0.6) is 0 Å². The van der Waals surface area contributed by atoms with E-state index in [1.54, 1.807) is 32.3 Å². The summed E-state index contributed by atoms with van der Waals surface area (Å²) in [6, 6.07) is 15.5. The Labute approximate surface area is 204 Å². The summed E-state index contributed by atoms with van der Waals surface area (Å²) in [5, 5.41) is 17.5. The van der Waals surface area contributed by atoms with Gasteiger partial charge in [-0.2, -0.15) is 9.97 Å². The number of imidazole rings is 1. The van der Waals surface area contributed by atoms with Gasteiger partial charge in [0.1, 0.15) is 0 Å². The SMILES string of the molecule is CC(CC(C)(C)O)Nc1nc(NCc2cc(Cl)ccc2N)c2ncn(Cc3ccccc3)c2n1. The van der Waals surface area contributed by atoms with Crippen molar-refractivity contribution in [2.24, 2.45) is 0 Å². The monoisotopic (exact) mass is 479 g/mol. The Morgan fingerprint density at radius 1 is 1.15 bits per heavy atom. The number of hydrogen-bond acceptors (Lipinski definition) is 7. The molecule has 0 fully saturated rings. The van der Waals surface area contributed by atoms with E-state index >= 15 is 0 Å². The maximum atomic E-state index is 10.2. The third-order valence-electron chi connectivity index (χ3n) is 5.39. The molecule has 2 aromatic carbocycles. The van der Waals surface area contributed by atoms with E-state index in [0.717, 1.165) is 11.1 Å². The summed E-state index contributed by atoms with van der Waals surface area (Å²) in [7, 11) is 0. The maximum Gasteiger partial charge on any atom is 0.226 e. The van der Waals surface area contributed by atoms with E-state index in [1.807, 2.05) is 35.8 Å². The lowest BCUT2D eigenvalue weighted by atomic mass is 10.0. The van der Waals surface area contributed by atoms with Crippen molar-refractivity contribution in [2.45, 2.75) is 51.9 Å². The Morgan fingerprint density at radius 3 is 2.65 bits per heavy atom. The van der Waals surface area contributed by atoms with Crippen molar-refractivity contribution in [3.05, 3.63) is 71.0 Å². The molecule has 4 rings (SSSR count). The Hall–Kier alpha value is -3.36. The molecule has 9 heteroatoms. The third kappa shape index (κ3) is 5.95. The van der Waals surface area contributed by atoms with Crippen molar-refractivity contribution in [1.29, 1.82) is 0 Å². The molecular weight excluding hydrogens is 450 g/mol. The number of aliphatic hydroxyl groups is 1. The number of fused-ring (bicyclic) bond motifs is 1. The largest absolute Gasteiger partial charge is 0.398 e. The molecule has 5 N–H and O–H groups in total. The normalized spacial score (nSPS) is 12.6. The molecule has 8 nitrogen and oxygen atoms in total. The van der Waals surface area contributed by atoms with Gasteiger partial charge in [0, 0.05) is 23.3 Å². The van der Waals surface area contributed by atoms with Gasteiger partial charge >= 0.3 is 0 Å². The number of nitrogens with one attached hydrogen (secondary N) is 2. The van der Waals surface area contributed by atoms with E-state index in [1.165, 1.54) is 0 Å². The number of halogens is 1. The molecular formula is C25H30ClN7O. The fourth-order valence-corrected chi connectivity index (χ4v) is 4.15. The van der Waals surface area contributed by atoms with Crippen molar-refractivity contribution < 1.29 is 5.11 Å². The van der Waals surface area contributed by atoms with Crippen molar-refractivity contribution in [2.75, 3.05) is 16.4 Å². The first-order chi connectivity index (χ1) is 16.2. The zero-order chi connectivity index (χ0) is 24.3. The minimum Gasteiger partial charge on any atom is -0.398 e. The van der Waals surface area contributed by atoms with Gasteiger partial charge in [0.25, 0.3) is 0 Å². The summed E-state index contributed by atoms with van der Waals surface area (Å²) >= 11 is 6.15. The summed E-state index contributed by atoms with van der Waals surface area (Å²) < 4.78 is 2.00. The molecule has 0 saturated carbocycles. The maximum absolute atomic E-state index is 10.2. The van der Waals surface area contributed by atoms with Gasteiger partial charge in [0.2, 0.25) is 5.95 Å². The van der Waals surface area contributed by atoms with E-state index < -0.39 is 5.60 Å². The van der Waals surface area contributed by atoms with Crippen LogP contribution in [0.15, 0.2) is 54.9 Å². The number of nitrogen functional groups attached to an aromatic ring is 1. The van der Waals surface area contributed by atoms with Crippen LogP contribution in [0, 0.1) is 0 Å². The number of nitrogens with two attached hydrogens (primary N) is 1. The van der Waals surface area contributed by atoms with Crippen LogP contribution in [-0.4, -0.2) is 36.3 Å². The lowest BCUT2D eigenvalue weighted by Crippen LogP contribution is -2.29. The lowest BCUT2D eigenvalue weighted by Gasteiger charge is -2.23. The van der Waals surface area contributed by atoms with Crippen LogP contribution in [0.25, 0.3) is 11.2 Å². The molecule has 0 aliphatic heterocycles. The Kier molecular flexibility index (Phi) is 6.90. The highest BCUT2D eigenvalue weighted by Gasteiger charge is 2.20. The standard InChI is InChI=1S/C25H30ClN7O/c1-16(12-25(2,3)34)30-24-31-22(28-13-18-11-19(26)9-10-20(18)27)21-23(32-24)33(15-29-21)14-17-7-5-4-6-8-17/h4-11,15-16,34H,12-14,27H2,1-3H3,(H2,28,30,31,32). The average molecular weight is 480 g/mol. The van der Waals surface area contributed by atoms with E-state index in [2.05, 4.69) is 27.8 Å². The van der Waals surface area contributed by atoms with E-state index in [-0.39, 0.29) is 6.04 Å². The molecule has 1 atom stereocenters. The minimum atomic E-state index is -0.809. The first kappa shape index (κ1) is 23.8. The van der Waals surface area contributed by atoms with Crippen LogP contribution in [0.4, 0.5) is 17.5 Å². The van der Waals surface area contributed by atoms with Gasteiger partial charge in [0.15, 0.2) is 17.0 Å². The van der Waals surface area contributed by atoms with E-state index in [4.69, 9.17) is 27.3 Å². The van der Waals surface area contributed by atoms with Gasteiger partial charge in [-0.15, -0.1) is 0 Å². The Balaban J connectivity index is 1.68. The molecule has 178 valence electrons. The summed E-state index contributed by atoms with van der Waals surface area (Å²) in [6.45, 7) is 6.63. The fourth-order valence-electron chi connectivity index (χ4n) is 3.95. The van der Waals surface area contributed by atoms with Gasteiger partial charge in [0.05, 0.1) is 18.5 Å². The summed E-state index contributed by atoms with van der Waals surface area (Å²) in [5.74, 6) is 1.05. The summed E-state index contributed by atoms with van der Waals surface area (Å²) in [6.07, 6.45) is 2.31. The van der Waals surface area contributed by atoms with Crippen LogP contribution >= 0.6 is 11.6 Å². The molecule has 0 bridgehead atoms. The van der Waals surface area contributed by atoms with Crippen molar-refractivity contribution in [3.8, 4) is 0 Å². The Bertz CT molecular complexity index is 1270. The highest BCUT2D eigenvalue weighted by molar-refractivity contribution is 6.30. The topological polar surface area (TPSA) is 114 Å². The third-order valence-corrected chi connectivity index (χ3v) is 5.63.